The molecule has 5 aliphatic heterocycles. The molecule has 7 fully saturated rings. The molecule has 7 rings (SSSR count). The first-order valence-corrected chi connectivity index (χ1v) is 33.6. The van der Waals surface area contributed by atoms with Gasteiger partial charge >= 0.3 is 392 Å². The molecule has 7 aliphatic rings. The first-order valence-electron chi connectivity index (χ1n) is 16.0. The summed E-state index contributed by atoms with van der Waals surface area (Å²) in [5.41, 5.74) is 0. The Bertz CT molecular complexity index is 2420. The molecular weight excluding hydrogens is 1510 g/mol. The van der Waals surface area contributed by atoms with Crippen molar-refractivity contribution in [3.63, 3.8) is 0 Å². The predicted molar refractivity (Wildman–Crippen MR) is 167 cm³/mol. The van der Waals surface area contributed by atoms with Crippen LogP contribution >= 0.6 is 93.9 Å². The van der Waals surface area contributed by atoms with Crippen LogP contribution in [0, 0.1) is 0 Å². The van der Waals surface area contributed by atoms with E-state index in [0.29, 0.717) is 7.11 Å². The van der Waals surface area contributed by atoms with E-state index in [0.717, 1.165) is 0 Å². The van der Waals surface area contributed by atoms with Crippen LogP contribution in [-0.4, -0.2) is 90.1 Å². The fourth-order valence-electron chi connectivity index (χ4n) is 6.33. The van der Waals surface area contributed by atoms with Crippen LogP contribution in [0.4, 0.5) is 0 Å². The molecule has 5 heterocycles. The molecule has 0 aromatic carbocycles. The number of hydrogen-bond acceptors (Lipinski definition) is 41. The third kappa shape index (κ3) is 33.5. The molecule has 68 heteroatoms. The molecule has 24 unspecified atom stereocenters. The molecule has 398 valence electrons. The first kappa shape index (κ1) is 111. The van der Waals surface area contributed by atoms with Crippen LogP contribution in [-0.2, 0) is 135 Å². The summed E-state index contributed by atoms with van der Waals surface area (Å²) in [4.78, 5) is 149. The largest absolute Gasteiger partial charge is 1.00 e. The second kappa shape index (κ2) is 41.9. The van der Waals surface area contributed by atoms with E-state index in [1.807, 2.05) is 0 Å². The van der Waals surface area contributed by atoms with Gasteiger partial charge in [-0.15, -0.1) is 0 Å². The van der Waals surface area contributed by atoms with E-state index in [2.05, 4.69) is 80.4 Å². The standard InChI is InChI=1S/C7H16O22P6.C6H12O21P6.13Na/c1-21-31(11,12)23-3-2(22-30(8,9)10)4-6(26-34(17,18)28-32(13,14)24-4)7-5(3)25-33(15,16)29-35(19,20)27-7;7-28(8)19-1-2(20-29(9,10)25-28)4-6(24-33(17,18)27-32(15,16)23-4)5-3(1)21-30(11,12)26-31(13,14)22-5;;;;;;;;;;;;;/h2-7H,1H3,(H,11,12)(H,13,14)(H,15,16)(H,17,18)(H,19,20)(H2,8,9,10);1-6H,(H,7,8)(H,9,10)(H,11,12)(H,13,14)(H,15,16)(H,17,18);;;;;;;;;;;;;/q;;13*+1/p-11. The normalized spacial score (nSPS) is 47.8. The molecule has 0 spiro atoms. The van der Waals surface area contributed by atoms with Gasteiger partial charge in [-0.3, -0.25) is 54.7 Å². The summed E-state index contributed by atoms with van der Waals surface area (Å²) in [5.74, 6) is 0. The second-order valence-electron chi connectivity index (χ2n) is 12.8. The van der Waals surface area contributed by atoms with Gasteiger partial charge in [0, 0.05) is 7.11 Å². The Kier molecular flexibility index (Phi) is 57.6. The van der Waals surface area contributed by atoms with Crippen LogP contribution in [0.1, 0.15) is 0 Å². The van der Waals surface area contributed by atoms with Crippen LogP contribution in [0.15, 0.2) is 0 Å². The Balaban J connectivity index is -0.000000189. The Morgan fingerprint density at radius 1 is 0.333 bits per heavy atom. The van der Waals surface area contributed by atoms with Crippen LogP contribution in [0.2, 0.25) is 0 Å². The van der Waals surface area contributed by atoms with Crippen molar-refractivity contribution in [3.8, 4) is 0 Å². The zero-order valence-electron chi connectivity index (χ0n) is 43.9. The Labute approximate surface area is 741 Å². The van der Waals surface area contributed by atoms with Crippen LogP contribution in [0.3, 0.4) is 0 Å². The van der Waals surface area contributed by atoms with Crippen LogP contribution in [0.5, 0.6) is 0 Å². The van der Waals surface area contributed by atoms with Gasteiger partial charge in [-0.2, -0.15) is 0 Å². The molecule has 2 saturated carbocycles. The Morgan fingerprint density at radius 3 is 0.716 bits per heavy atom. The van der Waals surface area contributed by atoms with Gasteiger partial charge in [0.1, 0.15) is 73.2 Å². The van der Waals surface area contributed by atoms with Gasteiger partial charge in [0.05, 0.1) is 0 Å². The molecule has 43 nitrogen and oxygen atoms in total. The number of fused-ring (bicyclic) bond motifs is 9. The molecule has 0 aromatic rings. The van der Waals surface area contributed by atoms with Gasteiger partial charge < -0.3 is 118 Å². The van der Waals surface area contributed by atoms with Crippen LogP contribution in [0.25, 0.3) is 0 Å². The maximum absolute atomic E-state index is 12.0. The van der Waals surface area contributed by atoms with Gasteiger partial charge in [0.2, 0.25) is 0 Å². The average Bonchev–Trinajstić information content (AvgIpc) is 3.40. The third-order valence-corrected chi connectivity index (χ3v) is 22.6. The van der Waals surface area contributed by atoms with Crippen molar-refractivity contribution < 1.29 is 583 Å². The zero-order valence-corrected chi connectivity index (χ0v) is 80.7. The molecule has 2 N–H and O–H groups in total. The summed E-state index contributed by atoms with van der Waals surface area (Å²) in [6, 6.07) is 0. The summed E-state index contributed by atoms with van der Waals surface area (Å²) in [6.07, 6.45) is -32.3. The van der Waals surface area contributed by atoms with Crippen molar-refractivity contribution in [2.45, 2.75) is 73.2 Å². The van der Waals surface area contributed by atoms with E-state index in [1.54, 1.807) is 0 Å². The number of phosphoric acid groups is 12. The molecule has 81 heavy (non-hydrogen) atoms. The van der Waals surface area contributed by atoms with Gasteiger partial charge in [-0.25, -0.2) is 26.1 Å². The smallest absolute Gasteiger partial charge is 0.756 e. The summed E-state index contributed by atoms with van der Waals surface area (Å²) in [6.45, 7) is 0. The molecule has 0 radical (unpaired) electrons. The topological polar surface area (TPSA) is 665 Å². The van der Waals surface area contributed by atoms with E-state index >= 15 is 0 Å². The maximum atomic E-state index is 12.0. The molecule has 24 atom stereocenters. The molecular formula is C13H17Na13O43P12+2. The number of phosphoric ester groups is 12. The van der Waals surface area contributed by atoms with Crippen molar-refractivity contribution in [2.24, 2.45) is 0 Å². The summed E-state index contributed by atoms with van der Waals surface area (Å²) >= 11 is 0. The number of hydrogen-bond donors (Lipinski definition) is 2. The SMILES string of the molecule is COP(=O)([O-])OC1C(OP(=O)([O-])O)C2OP(=O)([O-])OP(=O)([O-])OC2C2OP(=O)([O-])OP(=O)([O-])OC12.O=P1([O-])OC2C3OP(=O)([O-])OP(=O)([O-])OC3C3OP(=O)(O)OP(=O)([O-])OC3C2OP(=O)([O-])O1.[Na+].[Na+].[Na+].[Na+].[Na+].[Na+].[Na+].[Na+].[Na+].[Na+].[Na+].[Na+].[Na+]. The summed E-state index contributed by atoms with van der Waals surface area (Å²) < 4.78 is 218. The minimum Gasteiger partial charge on any atom is -0.756 e. The second-order valence-corrected chi connectivity index (χ2v) is 29.8. The van der Waals surface area contributed by atoms with E-state index < -0.39 is 167 Å². The molecule has 2 aliphatic carbocycles. The molecule has 5 saturated heterocycles. The monoisotopic (exact) mass is 1530 g/mol. The van der Waals surface area contributed by atoms with E-state index in [4.69, 9.17) is 4.89 Å². The van der Waals surface area contributed by atoms with E-state index in [-0.39, 0.29) is 384 Å². The average molecular weight is 1530 g/mol. The minimum absolute atomic E-state index is 0. The predicted octanol–water partition coefficient (Wildman–Crippen LogP) is -46.3. The fourth-order valence-corrected chi connectivity index (χ4v) is 19.4. The van der Waals surface area contributed by atoms with Gasteiger partial charge in [0.25, 0.3) is 86.0 Å². The van der Waals surface area contributed by atoms with Crippen molar-refractivity contribution >= 4 is 93.9 Å². The van der Waals surface area contributed by atoms with Crippen molar-refractivity contribution in [3.05, 3.63) is 0 Å². The zero-order chi connectivity index (χ0) is 51.7. The van der Waals surface area contributed by atoms with Gasteiger partial charge in [-0.05, 0) is 0 Å². The maximum Gasteiger partial charge on any atom is 1.00 e. The van der Waals surface area contributed by atoms with Gasteiger partial charge in [-0.1, -0.05) is 0 Å². The Hall–Kier alpha value is 14.5. The molecule has 0 amide bonds. The summed E-state index contributed by atoms with van der Waals surface area (Å²) in [7, 11) is -70.9. The third-order valence-electron chi connectivity index (χ3n) is 8.13. The van der Waals surface area contributed by atoms with Crippen molar-refractivity contribution in [1.29, 1.82) is 0 Å². The molecule has 0 aromatic heterocycles. The van der Waals surface area contributed by atoms with Gasteiger partial charge in [0.15, 0.2) is 0 Å². The van der Waals surface area contributed by atoms with Crippen molar-refractivity contribution in [1.82, 2.24) is 0 Å². The van der Waals surface area contributed by atoms with E-state index in [1.165, 1.54) is 0 Å². The van der Waals surface area contributed by atoms with E-state index in [9.17, 15) is 114 Å². The minimum atomic E-state index is -6.08. The fraction of sp³-hybridized carbons (Fsp3) is 1.00. The van der Waals surface area contributed by atoms with Crippen molar-refractivity contribution in [2.75, 3.05) is 7.11 Å². The molecule has 0 bridgehead atoms. The first-order chi connectivity index (χ1) is 30.2. The summed E-state index contributed by atoms with van der Waals surface area (Å²) in [5, 5.41) is 0. The number of rotatable bonds is 5. The van der Waals surface area contributed by atoms with Crippen LogP contribution < -0.4 is 438 Å². The Morgan fingerprint density at radius 2 is 0.506 bits per heavy atom. The quantitative estimate of drug-likeness (QED) is 0.191.